The first-order valence-electron chi connectivity index (χ1n) is 9.89. The van der Waals surface area contributed by atoms with Crippen molar-refractivity contribution in [1.29, 1.82) is 0 Å². The summed E-state index contributed by atoms with van der Waals surface area (Å²) in [7, 11) is 0. The van der Waals surface area contributed by atoms with E-state index >= 15 is 0 Å². The van der Waals surface area contributed by atoms with Crippen LogP contribution in [0.3, 0.4) is 0 Å². The summed E-state index contributed by atoms with van der Waals surface area (Å²) in [6.45, 7) is 3.19. The van der Waals surface area contributed by atoms with Crippen LogP contribution in [0.15, 0.2) is 70.2 Å². The Morgan fingerprint density at radius 3 is 2.31 bits per heavy atom. The summed E-state index contributed by atoms with van der Waals surface area (Å²) in [6, 6.07) is 19.0. The Labute approximate surface area is 223 Å². The van der Waals surface area contributed by atoms with Crippen molar-refractivity contribution in [2.24, 2.45) is 5.10 Å². The van der Waals surface area contributed by atoms with Crippen LogP contribution < -0.4 is 14.9 Å². The number of nitrogens with zero attached hydrogens (tertiary/aromatic N) is 1. The van der Waals surface area contributed by atoms with Crippen LogP contribution in [-0.4, -0.2) is 18.7 Å². The molecule has 0 aromatic heterocycles. The van der Waals surface area contributed by atoms with Crippen molar-refractivity contribution in [2.75, 3.05) is 6.61 Å². The van der Waals surface area contributed by atoms with Gasteiger partial charge in [0.05, 0.1) is 20.0 Å². The van der Waals surface area contributed by atoms with E-state index in [4.69, 9.17) is 9.47 Å². The number of carbonyl (C=O) groups excluding carboxylic acids is 1. The summed E-state index contributed by atoms with van der Waals surface area (Å²) in [4.78, 5) is 12.3. The molecule has 0 atom stereocenters. The lowest BCUT2D eigenvalue weighted by molar-refractivity contribution is 0.0955. The van der Waals surface area contributed by atoms with Crippen molar-refractivity contribution < 1.29 is 14.3 Å². The van der Waals surface area contributed by atoms with E-state index in [2.05, 4.69) is 71.6 Å². The Morgan fingerprint density at radius 1 is 1.03 bits per heavy atom. The molecule has 3 rings (SSSR count). The first kappa shape index (κ1) is 25.0. The number of hydrazone groups is 1. The number of hydrogen-bond donors (Lipinski definition) is 1. The molecule has 1 N–H and O–H groups in total. The van der Waals surface area contributed by atoms with E-state index < -0.39 is 0 Å². The Hall–Kier alpha value is -1.66. The average Bonchev–Trinajstić information content (AvgIpc) is 2.78. The van der Waals surface area contributed by atoms with E-state index in [0.29, 0.717) is 18.8 Å². The minimum atomic E-state index is -0.276. The van der Waals surface area contributed by atoms with Crippen molar-refractivity contribution in [3.63, 3.8) is 0 Å². The third kappa shape index (κ3) is 7.45. The number of carbonyl (C=O) groups is 1. The van der Waals surface area contributed by atoms with Gasteiger partial charge in [-0.05, 0) is 111 Å². The fraction of sp³-hybridized carbons (Fsp3) is 0.167. The van der Waals surface area contributed by atoms with Crippen LogP contribution in [0.25, 0.3) is 0 Å². The lowest BCUT2D eigenvalue weighted by Gasteiger charge is -2.11. The van der Waals surface area contributed by atoms with Crippen LogP contribution in [0.2, 0.25) is 0 Å². The zero-order chi connectivity index (χ0) is 22.9. The summed E-state index contributed by atoms with van der Waals surface area (Å²) in [5.74, 6) is 1.31. The standard InChI is InChI=1S/C24H21BrI2N2O3/c1-2-11-31-20-9-5-18(6-10-20)24(30)29-28-14-17-12-21(26)23(22(27)13-17)32-15-16-3-7-19(25)8-4-16/h3-10,12-14H,2,11,15H2,1H3,(H,29,30)/b28-14-. The maximum atomic E-state index is 12.3. The minimum Gasteiger partial charge on any atom is -0.494 e. The molecule has 5 nitrogen and oxygen atoms in total. The quantitative estimate of drug-likeness (QED) is 0.151. The van der Waals surface area contributed by atoms with Gasteiger partial charge in [0, 0.05) is 10.0 Å². The van der Waals surface area contributed by atoms with Crippen molar-refractivity contribution in [3.8, 4) is 11.5 Å². The monoisotopic (exact) mass is 718 g/mol. The molecule has 0 radical (unpaired) electrons. The first-order valence-corrected chi connectivity index (χ1v) is 12.8. The Bertz CT molecular complexity index is 1060. The summed E-state index contributed by atoms with van der Waals surface area (Å²) in [6.07, 6.45) is 2.56. The number of ether oxygens (including phenoxy) is 2. The topological polar surface area (TPSA) is 59.9 Å². The molecule has 0 heterocycles. The van der Waals surface area contributed by atoms with Gasteiger partial charge >= 0.3 is 0 Å². The Morgan fingerprint density at radius 2 is 1.69 bits per heavy atom. The van der Waals surface area contributed by atoms with E-state index in [1.807, 2.05) is 43.3 Å². The lowest BCUT2D eigenvalue weighted by atomic mass is 10.2. The second-order valence-corrected chi connectivity index (χ2v) is 10.0. The van der Waals surface area contributed by atoms with Gasteiger partial charge in [-0.15, -0.1) is 0 Å². The molecular formula is C24H21BrI2N2O3. The predicted molar refractivity (Wildman–Crippen MR) is 148 cm³/mol. The highest BCUT2D eigenvalue weighted by atomic mass is 127. The van der Waals surface area contributed by atoms with E-state index in [1.54, 1.807) is 30.5 Å². The smallest absolute Gasteiger partial charge is 0.271 e. The third-order valence-corrected chi connectivity index (χ3v) is 6.42. The molecule has 32 heavy (non-hydrogen) atoms. The van der Waals surface area contributed by atoms with Crippen LogP contribution in [0.5, 0.6) is 11.5 Å². The van der Waals surface area contributed by atoms with Gasteiger partial charge in [0.15, 0.2) is 0 Å². The van der Waals surface area contributed by atoms with E-state index in [1.165, 1.54) is 0 Å². The molecule has 0 saturated carbocycles. The summed E-state index contributed by atoms with van der Waals surface area (Å²) >= 11 is 7.94. The van der Waals surface area contributed by atoms with Crippen molar-refractivity contribution in [2.45, 2.75) is 20.0 Å². The SMILES string of the molecule is CCCOc1ccc(C(=O)N/N=C\c2cc(I)c(OCc3ccc(Br)cc3)c(I)c2)cc1. The molecule has 0 fully saturated rings. The van der Waals surface area contributed by atoms with Crippen LogP contribution in [0.1, 0.15) is 34.8 Å². The van der Waals surface area contributed by atoms with Gasteiger partial charge in [-0.3, -0.25) is 4.79 Å². The number of amides is 1. The normalized spacial score (nSPS) is 10.9. The maximum Gasteiger partial charge on any atom is 0.271 e. The minimum absolute atomic E-state index is 0.276. The summed E-state index contributed by atoms with van der Waals surface area (Å²) in [5, 5.41) is 4.10. The number of nitrogens with one attached hydrogen (secondary N) is 1. The highest BCUT2D eigenvalue weighted by Crippen LogP contribution is 2.29. The second kappa shape index (κ2) is 12.5. The molecule has 166 valence electrons. The molecule has 0 bridgehead atoms. The molecule has 0 spiro atoms. The molecular weight excluding hydrogens is 698 g/mol. The van der Waals surface area contributed by atoms with Gasteiger partial charge in [-0.2, -0.15) is 5.10 Å². The van der Waals surface area contributed by atoms with Crippen molar-refractivity contribution >= 4 is 73.2 Å². The van der Waals surface area contributed by atoms with Crippen LogP contribution in [-0.2, 0) is 6.61 Å². The van der Waals surface area contributed by atoms with Crippen LogP contribution in [0.4, 0.5) is 0 Å². The average molecular weight is 719 g/mol. The molecule has 8 heteroatoms. The van der Waals surface area contributed by atoms with Gasteiger partial charge < -0.3 is 9.47 Å². The number of hydrogen-bond acceptors (Lipinski definition) is 4. The zero-order valence-electron chi connectivity index (χ0n) is 17.3. The zero-order valence-corrected chi connectivity index (χ0v) is 23.2. The van der Waals surface area contributed by atoms with E-state index in [-0.39, 0.29) is 5.91 Å². The van der Waals surface area contributed by atoms with Crippen LogP contribution in [0, 0.1) is 7.14 Å². The summed E-state index contributed by atoms with van der Waals surface area (Å²) < 4.78 is 14.6. The third-order valence-electron chi connectivity index (χ3n) is 4.29. The molecule has 3 aromatic rings. The predicted octanol–water partition coefficient (Wildman–Crippen LogP) is 6.79. The fourth-order valence-corrected chi connectivity index (χ4v) is 5.07. The second-order valence-electron chi connectivity index (χ2n) is 6.80. The molecule has 0 aliphatic heterocycles. The van der Waals surface area contributed by atoms with Gasteiger partial charge in [0.25, 0.3) is 5.91 Å². The van der Waals surface area contributed by atoms with Gasteiger partial charge in [-0.25, -0.2) is 5.43 Å². The number of benzene rings is 3. The molecule has 0 unspecified atom stereocenters. The van der Waals surface area contributed by atoms with Crippen molar-refractivity contribution in [1.82, 2.24) is 5.43 Å². The van der Waals surface area contributed by atoms with Gasteiger partial charge in [0.2, 0.25) is 0 Å². The Balaban J connectivity index is 1.58. The summed E-state index contributed by atoms with van der Waals surface area (Å²) in [5.41, 5.74) is 5.05. The number of rotatable bonds is 9. The molecule has 0 saturated heterocycles. The first-order chi connectivity index (χ1) is 15.5. The largest absolute Gasteiger partial charge is 0.494 e. The van der Waals surface area contributed by atoms with Crippen LogP contribution >= 0.6 is 61.1 Å². The molecule has 1 amide bonds. The van der Waals surface area contributed by atoms with E-state index in [0.717, 1.165) is 40.7 Å². The maximum absolute atomic E-state index is 12.3. The van der Waals surface area contributed by atoms with Gasteiger partial charge in [0.1, 0.15) is 18.1 Å². The van der Waals surface area contributed by atoms with Gasteiger partial charge in [-0.1, -0.05) is 35.0 Å². The van der Waals surface area contributed by atoms with E-state index in [9.17, 15) is 4.79 Å². The Kier molecular flexibility index (Phi) is 9.79. The molecule has 0 aliphatic carbocycles. The number of halogens is 3. The highest BCUT2D eigenvalue weighted by molar-refractivity contribution is 14.1. The molecule has 0 aliphatic rings. The lowest BCUT2D eigenvalue weighted by Crippen LogP contribution is -2.17. The van der Waals surface area contributed by atoms with Crippen molar-refractivity contribution in [3.05, 3.63) is 89.0 Å². The fourth-order valence-electron chi connectivity index (χ4n) is 2.68. The highest BCUT2D eigenvalue weighted by Gasteiger charge is 2.09. The molecule has 3 aromatic carbocycles.